The van der Waals surface area contributed by atoms with Gasteiger partial charge in [-0.1, -0.05) is 48.0 Å². The zero-order chi connectivity index (χ0) is 22.0. The lowest BCUT2D eigenvalue weighted by atomic mass is 10.2. The summed E-state index contributed by atoms with van der Waals surface area (Å²) in [6.45, 7) is 2.51. The van der Waals surface area contributed by atoms with Crippen molar-refractivity contribution in [2.24, 2.45) is 0 Å². The van der Waals surface area contributed by atoms with E-state index in [9.17, 15) is 9.59 Å². The second-order valence-corrected chi connectivity index (χ2v) is 8.74. The fourth-order valence-electron chi connectivity index (χ4n) is 3.32. The normalized spacial score (nSPS) is 10.9. The molecule has 0 fully saturated rings. The smallest absolute Gasteiger partial charge is 0.264 e. The lowest BCUT2D eigenvalue weighted by molar-refractivity contribution is -0.116. The predicted octanol–water partition coefficient (Wildman–Crippen LogP) is 4.82. The van der Waals surface area contributed by atoms with E-state index in [0.29, 0.717) is 22.1 Å². The van der Waals surface area contributed by atoms with Crippen molar-refractivity contribution < 1.29 is 9.59 Å². The van der Waals surface area contributed by atoms with E-state index in [0.717, 1.165) is 21.5 Å². The van der Waals surface area contributed by atoms with Gasteiger partial charge in [0.2, 0.25) is 5.91 Å². The largest absolute Gasteiger partial charge is 0.332 e. The van der Waals surface area contributed by atoms with Crippen LogP contribution in [0.25, 0.3) is 10.2 Å². The molecule has 0 saturated carbocycles. The summed E-state index contributed by atoms with van der Waals surface area (Å²) >= 11 is 7.34. The van der Waals surface area contributed by atoms with Gasteiger partial charge in [0.05, 0.1) is 23.7 Å². The van der Waals surface area contributed by atoms with E-state index in [1.54, 1.807) is 31.3 Å². The van der Waals surface area contributed by atoms with Gasteiger partial charge in [0.25, 0.3) is 5.91 Å². The number of carbonyl (C=O) groups is 2. The molecule has 0 spiro atoms. The molecule has 0 aliphatic rings. The highest BCUT2D eigenvalue weighted by molar-refractivity contribution is 7.20. The Kier molecular flexibility index (Phi) is 6.06. The minimum Gasteiger partial charge on any atom is -0.332 e. The number of benzene rings is 2. The molecule has 31 heavy (non-hydrogen) atoms. The van der Waals surface area contributed by atoms with E-state index in [-0.39, 0.29) is 18.4 Å². The number of halogens is 1. The molecular formula is C23H21ClN4O2S. The minimum atomic E-state index is -0.286. The number of hydrogen-bond acceptors (Lipinski definition) is 4. The molecule has 0 unspecified atom stereocenters. The molecule has 8 heteroatoms. The van der Waals surface area contributed by atoms with Crippen LogP contribution in [0.4, 0.5) is 5.69 Å². The van der Waals surface area contributed by atoms with Crippen molar-refractivity contribution in [3.05, 3.63) is 81.8 Å². The molecule has 0 aliphatic heterocycles. The molecule has 0 bridgehead atoms. The third-order valence-corrected chi connectivity index (χ3v) is 6.20. The van der Waals surface area contributed by atoms with Crippen LogP contribution in [0.15, 0.2) is 60.7 Å². The number of nitrogens with one attached hydrogen (secondary N) is 1. The van der Waals surface area contributed by atoms with Crippen LogP contribution in [0.5, 0.6) is 0 Å². The fourth-order valence-corrected chi connectivity index (χ4v) is 4.67. The molecule has 4 aromatic rings. The van der Waals surface area contributed by atoms with Gasteiger partial charge in [-0.3, -0.25) is 14.3 Å². The van der Waals surface area contributed by atoms with Gasteiger partial charge in [0.1, 0.15) is 4.83 Å². The van der Waals surface area contributed by atoms with Crippen molar-refractivity contribution in [2.75, 3.05) is 18.9 Å². The molecule has 0 saturated heterocycles. The van der Waals surface area contributed by atoms with Crippen LogP contribution in [0.3, 0.4) is 0 Å². The highest BCUT2D eigenvalue weighted by atomic mass is 35.5. The number of hydrogen-bond donors (Lipinski definition) is 1. The molecule has 2 heterocycles. The first-order valence-electron chi connectivity index (χ1n) is 9.72. The van der Waals surface area contributed by atoms with Gasteiger partial charge < -0.3 is 10.2 Å². The van der Waals surface area contributed by atoms with E-state index in [4.69, 9.17) is 11.6 Å². The molecule has 2 amide bonds. The predicted molar refractivity (Wildman–Crippen MR) is 125 cm³/mol. The number of rotatable bonds is 6. The average molecular weight is 453 g/mol. The molecule has 0 aliphatic carbocycles. The fraction of sp³-hybridized carbons (Fsp3) is 0.174. The zero-order valence-electron chi connectivity index (χ0n) is 17.1. The van der Waals surface area contributed by atoms with Crippen LogP contribution in [-0.4, -0.2) is 40.1 Å². The molecule has 4 rings (SSSR count). The number of amides is 2. The summed E-state index contributed by atoms with van der Waals surface area (Å²) in [7, 11) is 1.62. The van der Waals surface area contributed by atoms with Gasteiger partial charge >= 0.3 is 0 Å². The quantitative estimate of drug-likeness (QED) is 0.456. The Morgan fingerprint density at radius 3 is 2.65 bits per heavy atom. The van der Waals surface area contributed by atoms with Crippen LogP contribution in [0.1, 0.15) is 20.9 Å². The molecule has 6 nitrogen and oxygen atoms in total. The Morgan fingerprint density at radius 1 is 1.13 bits per heavy atom. The first-order chi connectivity index (χ1) is 14.9. The van der Waals surface area contributed by atoms with Gasteiger partial charge in [-0.25, -0.2) is 0 Å². The van der Waals surface area contributed by atoms with Crippen molar-refractivity contribution in [2.45, 2.75) is 13.5 Å². The SMILES string of the molecule is Cc1nn(Cc2ccccc2)c2sc(C(=O)N(C)CC(=O)Nc3cccc(Cl)c3)cc12. The lowest BCUT2D eigenvalue weighted by Crippen LogP contribution is -2.34. The summed E-state index contributed by atoms with van der Waals surface area (Å²) in [4.78, 5) is 28.2. The average Bonchev–Trinajstić information content (AvgIpc) is 3.29. The minimum absolute atomic E-state index is 0.0608. The number of fused-ring (bicyclic) bond motifs is 1. The number of thiophene rings is 1. The second kappa shape index (κ2) is 8.91. The van der Waals surface area contributed by atoms with Gasteiger partial charge in [0.15, 0.2) is 0 Å². The molecule has 158 valence electrons. The maximum atomic E-state index is 12.9. The van der Waals surface area contributed by atoms with E-state index in [1.807, 2.05) is 35.9 Å². The van der Waals surface area contributed by atoms with Gasteiger partial charge in [-0.05, 0) is 36.8 Å². The summed E-state index contributed by atoms with van der Waals surface area (Å²) in [6.07, 6.45) is 0. The standard InChI is InChI=1S/C23H21ClN4O2S/c1-15-19-12-20(31-23(19)28(26-15)13-16-7-4-3-5-8-16)22(30)27(2)14-21(29)25-18-10-6-9-17(24)11-18/h3-12H,13-14H2,1-2H3,(H,25,29). The Hall–Kier alpha value is -3.16. The Morgan fingerprint density at radius 2 is 1.90 bits per heavy atom. The van der Waals surface area contributed by atoms with Crippen molar-refractivity contribution in [3.8, 4) is 0 Å². The first-order valence-corrected chi connectivity index (χ1v) is 10.9. The summed E-state index contributed by atoms with van der Waals surface area (Å²) in [6, 6.07) is 18.8. The highest BCUT2D eigenvalue weighted by Crippen LogP contribution is 2.29. The Labute approximate surface area is 189 Å². The number of nitrogens with zero attached hydrogens (tertiary/aromatic N) is 3. The van der Waals surface area contributed by atoms with Gasteiger partial charge in [0, 0.05) is 23.1 Å². The number of aromatic nitrogens is 2. The van der Waals surface area contributed by atoms with Crippen LogP contribution in [0, 0.1) is 6.92 Å². The molecule has 1 N–H and O–H groups in total. The van der Waals surface area contributed by atoms with Crippen LogP contribution in [0.2, 0.25) is 5.02 Å². The summed E-state index contributed by atoms with van der Waals surface area (Å²) in [5, 5.41) is 8.87. The maximum absolute atomic E-state index is 12.9. The highest BCUT2D eigenvalue weighted by Gasteiger charge is 2.20. The Balaban J connectivity index is 1.48. The number of anilines is 1. The van der Waals surface area contributed by atoms with Crippen molar-refractivity contribution in [3.63, 3.8) is 0 Å². The molecular weight excluding hydrogens is 432 g/mol. The lowest BCUT2D eigenvalue weighted by Gasteiger charge is -2.16. The van der Waals surface area contributed by atoms with Gasteiger partial charge in [-0.2, -0.15) is 5.10 Å². The van der Waals surface area contributed by atoms with Crippen molar-refractivity contribution in [1.82, 2.24) is 14.7 Å². The van der Waals surface area contributed by atoms with Crippen LogP contribution in [-0.2, 0) is 11.3 Å². The molecule has 2 aromatic carbocycles. The summed E-state index contributed by atoms with van der Waals surface area (Å²) < 4.78 is 1.92. The zero-order valence-corrected chi connectivity index (χ0v) is 18.7. The third-order valence-electron chi connectivity index (χ3n) is 4.83. The van der Waals surface area contributed by atoms with E-state index >= 15 is 0 Å². The number of likely N-dealkylation sites (N-methyl/N-ethyl adjacent to an activating group) is 1. The second-order valence-electron chi connectivity index (χ2n) is 7.28. The maximum Gasteiger partial charge on any atom is 0.264 e. The monoisotopic (exact) mass is 452 g/mol. The van der Waals surface area contributed by atoms with Crippen LogP contribution < -0.4 is 5.32 Å². The van der Waals surface area contributed by atoms with E-state index in [2.05, 4.69) is 22.5 Å². The van der Waals surface area contributed by atoms with E-state index < -0.39 is 0 Å². The summed E-state index contributed by atoms with van der Waals surface area (Å²) in [5.41, 5.74) is 2.61. The van der Waals surface area contributed by atoms with Crippen molar-refractivity contribution >= 4 is 50.7 Å². The molecule has 2 aromatic heterocycles. The van der Waals surface area contributed by atoms with Gasteiger partial charge in [-0.15, -0.1) is 11.3 Å². The van der Waals surface area contributed by atoms with Crippen LogP contribution >= 0.6 is 22.9 Å². The van der Waals surface area contributed by atoms with E-state index in [1.165, 1.54) is 16.2 Å². The number of carbonyl (C=O) groups excluding carboxylic acids is 2. The third kappa shape index (κ3) is 4.78. The Bertz CT molecular complexity index is 1250. The molecule has 0 atom stereocenters. The summed E-state index contributed by atoms with van der Waals surface area (Å²) in [5.74, 6) is -0.487. The first kappa shape index (κ1) is 21.1. The molecule has 0 radical (unpaired) electrons. The topological polar surface area (TPSA) is 67.2 Å². The number of aryl methyl sites for hydroxylation is 1. The van der Waals surface area contributed by atoms with Crippen molar-refractivity contribution in [1.29, 1.82) is 0 Å².